The van der Waals surface area contributed by atoms with E-state index in [4.69, 9.17) is 11.5 Å². The number of thioether (sulfide) groups is 1. The Bertz CT molecular complexity index is 570. The predicted octanol–water partition coefficient (Wildman–Crippen LogP) is 2.80. The highest BCUT2D eigenvalue weighted by molar-refractivity contribution is 7.97. The lowest BCUT2D eigenvalue weighted by Crippen LogP contribution is -2.11. The summed E-state index contributed by atoms with van der Waals surface area (Å²) in [5.74, 6) is 1.31. The molecular weight excluding hydrogens is 256 g/mol. The molecule has 1 amide bonds. The zero-order valence-electron chi connectivity index (χ0n) is 10.5. The molecule has 0 fully saturated rings. The van der Waals surface area contributed by atoms with Crippen LogP contribution in [0.1, 0.15) is 21.5 Å². The van der Waals surface area contributed by atoms with Crippen LogP contribution in [0.25, 0.3) is 0 Å². The van der Waals surface area contributed by atoms with E-state index in [1.807, 2.05) is 24.3 Å². The summed E-state index contributed by atoms with van der Waals surface area (Å²) in [6.07, 6.45) is 0. The van der Waals surface area contributed by atoms with Crippen LogP contribution in [0.5, 0.6) is 0 Å². The fourth-order valence-electron chi connectivity index (χ4n) is 1.73. The van der Waals surface area contributed by atoms with Crippen molar-refractivity contribution in [1.29, 1.82) is 0 Å². The fraction of sp³-hybridized carbons (Fsp3) is 0.133. The molecule has 0 saturated carbocycles. The summed E-state index contributed by atoms with van der Waals surface area (Å²) >= 11 is 1.79. The number of primary amides is 1. The maximum Gasteiger partial charge on any atom is 0.248 e. The van der Waals surface area contributed by atoms with Gasteiger partial charge in [-0.15, -0.1) is 0 Å². The summed E-state index contributed by atoms with van der Waals surface area (Å²) in [5, 5.41) is 0. The van der Waals surface area contributed by atoms with Gasteiger partial charge >= 0.3 is 0 Å². The Balaban J connectivity index is 1.95. The zero-order chi connectivity index (χ0) is 13.7. The summed E-state index contributed by atoms with van der Waals surface area (Å²) < 4.78 is 0. The van der Waals surface area contributed by atoms with Gasteiger partial charge < -0.3 is 11.5 Å². The first-order valence-corrected chi connectivity index (χ1v) is 7.12. The average Bonchev–Trinajstić information content (AvgIpc) is 2.41. The third-order valence-electron chi connectivity index (χ3n) is 2.80. The van der Waals surface area contributed by atoms with Gasteiger partial charge in [-0.2, -0.15) is 11.8 Å². The van der Waals surface area contributed by atoms with E-state index >= 15 is 0 Å². The van der Waals surface area contributed by atoms with E-state index in [9.17, 15) is 4.79 Å². The van der Waals surface area contributed by atoms with Gasteiger partial charge in [-0.1, -0.05) is 36.4 Å². The molecule has 19 heavy (non-hydrogen) atoms. The number of carbonyl (C=O) groups is 1. The molecule has 0 heterocycles. The van der Waals surface area contributed by atoms with Gasteiger partial charge in [-0.05, 0) is 23.3 Å². The van der Waals surface area contributed by atoms with Crippen LogP contribution in [-0.4, -0.2) is 5.91 Å². The molecule has 4 N–H and O–H groups in total. The quantitative estimate of drug-likeness (QED) is 0.822. The highest BCUT2D eigenvalue weighted by Crippen LogP contribution is 2.22. The molecule has 4 heteroatoms. The third kappa shape index (κ3) is 3.76. The Morgan fingerprint density at radius 1 is 1.05 bits per heavy atom. The van der Waals surface area contributed by atoms with Crippen molar-refractivity contribution in [2.24, 2.45) is 5.73 Å². The summed E-state index contributed by atoms with van der Waals surface area (Å²) in [6.45, 7) is 0. The van der Waals surface area contributed by atoms with Gasteiger partial charge in [-0.3, -0.25) is 4.79 Å². The van der Waals surface area contributed by atoms with Crippen LogP contribution in [0.2, 0.25) is 0 Å². The van der Waals surface area contributed by atoms with Gasteiger partial charge in [0.1, 0.15) is 0 Å². The molecule has 0 spiro atoms. The van der Waals surface area contributed by atoms with Crippen molar-refractivity contribution < 1.29 is 4.79 Å². The first-order valence-electron chi connectivity index (χ1n) is 5.96. The topological polar surface area (TPSA) is 69.1 Å². The average molecular weight is 272 g/mol. The largest absolute Gasteiger partial charge is 0.398 e. The molecule has 2 aromatic carbocycles. The van der Waals surface area contributed by atoms with Crippen LogP contribution in [0.3, 0.4) is 0 Å². The molecule has 3 nitrogen and oxygen atoms in total. The van der Waals surface area contributed by atoms with Crippen LogP contribution in [0, 0.1) is 0 Å². The lowest BCUT2D eigenvalue weighted by molar-refractivity contribution is 0.100. The Morgan fingerprint density at radius 3 is 2.42 bits per heavy atom. The van der Waals surface area contributed by atoms with Gasteiger partial charge in [0.2, 0.25) is 5.91 Å². The Morgan fingerprint density at radius 2 is 1.79 bits per heavy atom. The first kappa shape index (κ1) is 13.5. The standard InChI is InChI=1S/C15H16N2OS/c16-14-8-12(15(17)18)6-7-13(14)10-19-9-11-4-2-1-3-5-11/h1-8H,9-10,16H2,(H2,17,18). The molecule has 2 aromatic rings. The lowest BCUT2D eigenvalue weighted by atomic mass is 10.1. The van der Waals surface area contributed by atoms with E-state index in [1.54, 1.807) is 23.9 Å². The van der Waals surface area contributed by atoms with Gasteiger partial charge in [0.05, 0.1) is 0 Å². The van der Waals surface area contributed by atoms with Crippen molar-refractivity contribution in [3.05, 3.63) is 65.2 Å². The van der Waals surface area contributed by atoms with Crippen molar-refractivity contribution in [1.82, 2.24) is 0 Å². The van der Waals surface area contributed by atoms with Crippen LogP contribution >= 0.6 is 11.8 Å². The zero-order valence-corrected chi connectivity index (χ0v) is 11.3. The molecule has 0 radical (unpaired) electrons. The molecule has 98 valence electrons. The normalized spacial score (nSPS) is 10.3. The van der Waals surface area contributed by atoms with Crippen LogP contribution < -0.4 is 11.5 Å². The second-order valence-corrected chi connectivity index (χ2v) is 5.24. The molecule has 0 aliphatic carbocycles. The van der Waals surface area contributed by atoms with E-state index < -0.39 is 5.91 Å². The summed E-state index contributed by atoms with van der Waals surface area (Å²) in [5.41, 5.74) is 14.5. The van der Waals surface area contributed by atoms with Gasteiger partial charge in [-0.25, -0.2) is 0 Å². The van der Waals surface area contributed by atoms with Crippen molar-refractivity contribution in [3.63, 3.8) is 0 Å². The number of carbonyl (C=O) groups excluding carboxylic acids is 1. The minimum Gasteiger partial charge on any atom is -0.398 e. The predicted molar refractivity (Wildman–Crippen MR) is 80.8 cm³/mol. The molecular formula is C15H16N2OS. The van der Waals surface area contributed by atoms with Crippen LogP contribution in [0.15, 0.2) is 48.5 Å². The number of hydrogen-bond acceptors (Lipinski definition) is 3. The Labute approximate surface area is 117 Å². The number of rotatable bonds is 5. The third-order valence-corrected chi connectivity index (χ3v) is 3.85. The fourth-order valence-corrected chi connectivity index (χ4v) is 2.75. The highest BCUT2D eigenvalue weighted by Gasteiger charge is 2.05. The molecule has 0 bridgehead atoms. The SMILES string of the molecule is NC(=O)c1ccc(CSCc2ccccc2)c(N)c1. The number of hydrogen-bond donors (Lipinski definition) is 2. The molecule has 2 rings (SSSR count). The Hall–Kier alpha value is -1.94. The van der Waals surface area contributed by atoms with Crippen molar-refractivity contribution in [3.8, 4) is 0 Å². The van der Waals surface area contributed by atoms with Gasteiger partial charge in [0.15, 0.2) is 0 Å². The van der Waals surface area contributed by atoms with Crippen molar-refractivity contribution in [2.45, 2.75) is 11.5 Å². The number of benzene rings is 2. The second-order valence-electron chi connectivity index (χ2n) is 4.26. The van der Waals surface area contributed by atoms with E-state index in [-0.39, 0.29) is 0 Å². The van der Waals surface area contributed by atoms with Crippen molar-refractivity contribution in [2.75, 3.05) is 5.73 Å². The monoisotopic (exact) mass is 272 g/mol. The highest BCUT2D eigenvalue weighted by atomic mass is 32.2. The number of nitrogens with two attached hydrogens (primary N) is 2. The summed E-state index contributed by atoms with van der Waals surface area (Å²) in [4.78, 5) is 11.0. The first-order chi connectivity index (χ1) is 9.16. The smallest absolute Gasteiger partial charge is 0.248 e. The lowest BCUT2D eigenvalue weighted by Gasteiger charge is -2.07. The number of anilines is 1. The minimum absolute atomic E-state index is 0.449. The van der Waals surface area contributed by atoms with E-state index in [0.717, 1.165) is 17.1 Å². The van der Waals surface area contributed by atoms with Crippen LogP contribution in [-0.2, 0) is 11.5 Å². The van der Waals surface area contributed by atoms with E-state index in [1.165, 1.54) is 5.56 Å². The molecule has 0 unspecified atom stereocenters. The van der Waals surface area contributed by atoms with Crippen molar-refractivity contribution >= 4 is 23.4 Å². The van der Waals surface area contributed by atoms with Gasteiger partial charge in [0, 0.05) is 22.8 Å². The maximum atomic E-state index is 11.0. The minimum atomic E-state index is -0.449. The molecule has 0 aromatic heterocycles. The molecule has 0 saturated heterocycles. The number of nitrogen functional groups attached to an aromatic ring is 1. The van der Waals surface area contributed by atoms with Crippen LogP contribution in [0.4, 0.5) is 5.69 Å². The summed E-state index contributed by atoms with van der Waals surface area (Å²) in [7, 11) is 0. The van der Waals surface area contributed by atoms with E-state index in [2.05, 4.69) is 12.1 Å². The molecule has 0 atom stereocenters. The Kier molecular flexibility index (Phi) is 4.47. The van der Waals surface area contributed by atoms with E-state index in [0.29, 0.717) is 11.3 Å². The molecule has 0 aliphatic rings. The molecule has 0 aliphatic heterocycles. The maximum absolute atomic E-state index is 11.0. The van der Waals surface area contributed by atoms with Gasteiger partial charge in [0.25, 0.3) is 0 Å². The number of amides is 1. The second kappa shape index (κ2) is 6.29. The summed E-state index contributed by atoms with van der Waals surface area (Å²) in [6, 6.07) is 15.5.